The maximum absolute atomic E-state index is 2.62. The molecule has 2 aromatic carbocycles. The quantitative estimate of drug-likeness (QED) is 0.598. The highest BCUT2D eigenvalue weighted by atomic mass is 15.2. The van der Waals surface area contributed by atoms with E-state index in [9.17, 15) is 0 Å². The lowest BCUT2D eigenvalue weighted by Gasteiger charge is -2.12. The molecule has 1 heterocycles. The molecule has 0 amide bonds. The molecule has 23 heavy (non-hydrogen) atoms. The molecule has 1 fully saturated rings. The van der Waals surface area contributed by atoms with Crippen molar-refractivity contribution in [2.75, 3.05) is 0 Å². The predicted molar refractivity (Wildman–Crippen MR) is 95.5 cm³/mol. The smallest absolute Gasteiger partial charge is 0.226 e. The van der Waals surface area contributed by atoms with Crippen LogP contribution in [0.4, 0.5) is 0 Å². The van der Waals surface area contributed by atoms with Gasteiger partial charge in [-0.25, -0.2) is 9.13 Å². The van der Waals surface area contributed by atoms with Gasteiger partial charge < -0.3 is 0 Å². The lowest BCUT2D eigenvalue weighted by atomic mass is 10.0. The Bertz CT molecular complexity index is 867. The third kappa shape index (κ3) is 2.28. The Labute approximate surface area is 138 Å². The van der Waals surface area contributed by atoms with Crippen LogP contribution in [-0.2, 0) is 7.05 Å². The number of imidazole rings is 1. The average Bonchev–Trinajstić information content (AvgIpc) is 3.17. The van der Waals surface area contributed by atoms with Crippen molar-refractivity contribution in [3.63, 3.8) is 0 Å². The van der Waals surface area contributed by atoms with Gasteiger partial charge in [0.1, 0.15) is 6.04 Å². The molecule has 4 rings (SSSR count). The van der Waals surface area contributed by atoms with Crippen molar-refractivity contribution in [3.8, 4) is 11.4 Å². The zero-order valence-electron chi connectivity index (χ0n) is 14.3. The summed E-state index contributed by atoms with van der Waals surface area (Å²) in [5.41, 5.74) is 6.76. The normalized spacial score (nSPS) is 15.6. The summed E-state index contributed by atoms with van der Waals surface area (Å²) >= 11 is 0. The highest BCUT2D eigenvalue weighted by molar-refractivity contribution is 5.77. The molecule has 3 aromatic rings. The fourth-order valence-corrected chi connectivity index (χ4v) is 4.16. The van der Waals surface area contributed by atoms with Crippen LogP contribution < -0.4 is 4.57 Å². The van der Waals surface area contributed by atoms with Crippen LogP contribution >= 0.6 is 0 Å². The van der Waals surface area contributed by atoms with Gasteiger partial charge in [0.2, 0.25) is 0 Å². The summed E-state index contributed by atoms with van der Waals surface area (Å²) in [6.07, 6.45) is 5.31. The van der Waals surface area contributed by atoms with Crippen LogP contribution in [0.15, 0.2) is 42.5 Å². The van der Waals surface area contributed by atoms with E-state index < -0.39 is 0 Å². The van der Waals surface area contributed by atoms with Crippen molar-refractivity contribution >= 4 is 11.0 Å². The molecule has 0 saturated heterocycles. The lowest BCUT2D eigenvalue weighted by Crippen LogP contribution is -2.31. The van der Waals surface area contributed by atoms with E-state index in [0.717, 1.165) is 0 Å². The fraction of sp³-hybridized carbons (Fsp3) is 0.381. The van der Waals surface area contributed by atoms with Crippen molar-refractivity contribution in [2.24, 2.45) is 7.05 Å². The molecule has 1 aliphatic carbocycles. The Morgan fingerprint density at radius 3 is 2.52 bits per heavy atom. The highest BCUT2D eigenvalue weighted by Gasteiger charge is 2.32. The third-order valence-corrected chi connectivity index (χ3v) is 5.37. The second kappa shape index (κ2) is 5.52. The Hall–Kier alpha value is -2.09. The van der Waals surface area contributed by atoms with E-state index in [1.807, 2.05) is 0 Å². The standard InChI is InChI=1S/C21H25N2/c1-15-12-13-16(2)18(14-15)21-22(3)19-10-6-7-11-20(19)23(21)17-8-4-5-9-17/h6-7,10-14,17H,4-5,8-9H2,1-3H3/q+1. The minimum absolute atomic E-state index is 0.635. The zero-order chi connectivity index (χ0) is 16.0. The summed E-state index contributed by atoms with van der Waals surface area (Å²) in [5.74, 6) is 1.36. The monoisotopic (exact) mass is 305 g/mol. The number of para-hydroxylation sites is 2. The molecule has 118 valence electrons. The van der Waals surface area contributed by atoms with Crippen LogP contribution in [0.3, 0.4) is 0 Å². The molecule has 0 N–H and O–H groups in total. The first-order valence-electron chi connectivity index (χ1n) is 8.73. The Balaban J connectivity index is 2.07. The van der Waals surface area contributed by atoms with E-state index in [1.54, 1.807) is 0 Å². The molecule has 0 bridgehead atoms. The second-order valence-corrected chi connectivity index (χ2v) is 7.00. The van der Waals surface area contributed by atoms with Gasteiger partial charge in [0.15, 0.2) is 11.0 Å². The van der Waals surface area contributed by atoms with Crippen LogP contribution in [0.5, 0.6) is 0 Å². The Morgan fingerprint density at radius 1 is 1.00 bits per heavy atom. The molecule has 1 saturated carbocycles. The van der Waals surface area contributed by atoms with Crippen LogP contribution in [0, 0.1) is 13.8 Å². The van der Waals surface area contributed by atoms with Crippen molar-refractivity contribution < 1.29 is 4.57 Å². The average molecular weight is 305 g/mol. The third-order valence-electron chi connectivity index (χ3n) is 5.37. The lowest BCUT2D eigenvalue weighted by molar-refractivity contribution is -0.634. The van der Waals surface area contributed by atoms with Gasteiger partial charge in [0, 0.05) is 0 Å². The summed E-state index contributed by atoms with van der Waals surface area (Å²) in [5, 5.41) is 0. The van der Waals surface area contributed by atoms with Gasteiger partial charge >= 0.3 is 0 Å². The van der Waals surface area contributed by atoms with Crippen LogP contribution in [0.1, 0.15) is 42.9 Å². The first-order valence-corrected chi connectivity index (χ1v) is 8.73. The van der Waals surface area contributed by atoms with Crippen molar-refractivity contribution in [1.29, 1.82) is 0 Å². The summed E-state index contributed by atoms with van der Waals surface area (Å²) < 4.78 is 5.00. The number of benzene rings is 2. The molecule has 0 aliphatic heterocycles. The molecule has 1 aliphatic rings. The molecule has 0 unspecified atom stereocenters. The Kier molecular flexibility index (Phi) is 3.48. The summed E-state index contributed by atoms with van der Waals surface area (Å²) in [7, 11) is 2.21. The van der Waals surface area contributed by atoms with Crippen molar-refractivity contribution in [2.45, 2.75) is 45.6 Å². The molecule has 0 radical (unpaired) electrons. The van der Waals surface area contributed by atoms with E-state index in [0.29, 0.717) is 6.04 Å². The number of nitrogens with zero attached hydrogens (tertiary/aromatic N) is 2. The summed E-state index contributed by atoms with van der Waals surface area (Å²) in [6, 6.07) is 16.3. The van der Waals surface area contributed by atoms with Crippen LogP contribution in [0.25, 0.3) is 22.4 Å². The molecular formula is C21H25N2+. The van der Waals surface area contributed by atoms with Crippen molar-refractivity contribution in [1.82, 2.24) is 4.57 Å². The number of hydrogen-bond acceptors (Lipinski definition) is 0. The van der Waals surface area contributed by atoms with Gasteiger partial charge in [-0.15, -0.1) is 0 Å². The maximum Gasteiger partial charge on any atom is 0.290 e. The van der Waals surface area contributed by atoms with Gasteiger partial charge in [0.25, 0.3) is 5.82 Å². The fourth-order valence-electron chi connectivity index (χ4n) is 4.16. The zero-order valence-corrected chi connectivity index (χ0v) is 14.3. The number of aryl methyl sites for hydroxylation is 3. The van der Waals surface area contributed by atoms with Crippen LogP contribution in [0.2, 0.25) is 0 Å². The van der Waals surface area contributed by atoms with E-state index in [2.05, 4.69) is 72.5 Å². The minimum atomic E-state index is 0.635. The SMILES string of the molecule is Cc1ccc(C)c(-c2n(C3CCCC3)c3ccccc3[n+]2C)c1. The predicted octanol–water partition coefficient (Wildman–Crippen LogP) is 4.86. The highest BCUT2D eigenvalue weighted by Crippen LogP contribution is 2.36. The van der Waals surface area contributed by atoms with E-state index in [1.165, 1.54) is 59.2 Å². The number of rotatable bonds is 2. The molecule has 0 atom stereocenters. The van der Waals surface area contributed by atoms with E-state index in [4.69, 9.17) is 0 Å². The maximum atomic E-state index is 2.62. The molecular weight excluding hydrogens is 280 g/mol. The first kappa shape index (κ1) is 14.5. The molecule has 2 heteroatoms. The van der Waals surface area contributed by atoms with Gasteiger partial charge in [-0.3, -0.25) is 0 Å². The van der Waals surface area contributed by atoms with Crippen LogP contribution in [-0.4, -0.2) is 4.57 Å². The van der Waals surface area contributed by atoms with E-state index in [-0.39, 0.29) is 0 Å². The first-order chi connectivity index (χ1) is 11.2. The number of aromatic nitrogens is 2. The molecule has 0 spiro atoms. The summed E-state index contributed by atoms with van der Waals surface area (Å²) in [6.45, 7) is 4.41. The minimum Gasteiger partial charge on any atom is -0.226 e. The van der Waals surface area contributed by atoms with Crippen molar-refractivity contribution in [3.05, 3.63) is 53.6 Å². The second-order valence-electron chi connectivity index (χ2n) is 7.00. The van der Waals surface area contributed by atoms with E-state index >= 15 is 0 Å². The number of fused-ring (bicyclic) bond motifs is 1. The van der Waals surface area contributed by atoms with Gasteiger partial charge in [-0.1, -0.05) is 29.8 Å². The van der Waals surface area contributed by atoms with Gasteiger partial charge in [0.05, 0.1) is 12.6 Å². The molecule has 1 aromatic heterocycles. The molecule has 2 nitrogen and oxygen atoms in total. The van der Waals surface area contributed by atoms with Gasteiger partial charge in [-0.2, -0.15) is 0 Å². The van der Waals surface area contributed by atoms with Gasteiger partial charge in [-0.05, 0) is 63.3 Å². The largest absolute Gasteiger partial charge is 0.290 e. The summed E-state index contributed by atoms with van der Waals surface area (Å²) in [4.78, 5) is 0. The topological polar surface area (TPSA) is 8.81 Å². The Morgan fingerprint density at radius 2 is 1.74 bits per heavy atom. The number of hydrogen-bond donors (Lipinski definition) is 0.